The van der Waals surface area contributed by atoms with Gasteiger partial charge in [-0.15, -0.1) is 24.0 Å². The van der Waals surface area contributed by atoms with Crippen molar-refractivity contribution < 1.29 is 0 Å². The third-order valence-electron chi connectivity index (χ3n) is 3.95. The van der Waals surface area contributed by atoms with E-state index < -0.39 is 0 Å². The van der Waals surface area contributed by atoms with Crippen LogP contribution in [0.3, 0.4) is 0 Å². The first-order valence-corrected chi connectivity index (χ1v) is 8.59. The fraction of sp³-hybridized carbons (Fsp3) is 0.474. The summed E-state index contributed by atoms with van der Waals surface area (Å²) in [5, 5.41) is 11.2. The van der Waals surface area contributed by atoms with Gasteiger partial charge < -0.3 is 10.6 Å². The number of aliphatic imine (C=N–C) groups is 1. The van der Waals surface area contributed by atoms with E-state index in [2.05, 4.69) is 69.6 Å². The van der Waals surface area contributed by atoms with Crippen LogP contribution in [0.15, 0.2) is 35.3 Å². The standard InChI is InChI=1S/C19H29N5.HI/c1-15-7-5-8-18(13-15)9-11-22-19(20-4)21-10-6-12-24-17(3)14-16(2)23-24;/h5,7-8,13-14H,6,9-12H2,1-4H3,(H2,20,21,22);1H. The van der Waals surface area contributed by atoms with Crippen LogP contribution in [0.25, 0.3) is 0 Å². The van der Waals surface area contributed by atoms with Crippen molar-refractivity contribution in [1.29, 1.82) is 0 Å². The van der Waals surface area contributed by atoms with Gasteiger partial charge in [0.25, 0.3) is 0 Å². The van der Waals surface area contributed by atoms with Crippen LogP contribution in [0.5, 0.6) is 0 Å². The van der Waals surface area contributed by atoms with E-state index in [9.17, 15) is 0 Å². The van der Waals surface area contributed by atoms with Crippen LogP contribution in [0.2, 0.25) is 0 Å². The molecule has 0 saturated carbocycles. The SMILES string of the molecule is CN=C(NCCCn1nc(C)cc1C)NCCc1cccc(C)c1.I. The smallest absolute Gasteiger partial charge is 0.190 e. The van der Waals surface area contributed by atoms with Crippen molar-refractivity contribution in [2.75, 3.05) is 20.1 Å². The minimum Gasteiger partial charge on any atom is -0.356 e. The molecule has 2 N–H and O–H groups in total. The number of guanidine groups is 1. The summed E-state index contributed by atoms with van der Waals surface area (Å²) in [6.07, 6.45) is 2.01. The Morgan fingerprint density at radius 3 is 2.52 bits per heavy atom. The van der Waals surface area contributed by atoms with Gasteiger partial charge in [-0.05, 0) is 45.2 Å². The minimum absolute atomic E-state index is 0. The van der Waals surface area contributed by atoms with E-state index in [0.717, 1.165) is 44.1 Å². The molecule has 0 saturated heterocycles. The molecule has 5 nitrogen and oxygen atoms in total. The number of hydrogen-bond acceptors (Lipinski definition) is 2. The lowest BCUT2D eigenvalue weighted by molar-refractivity contribution is 0.555. The van der Waals surface area contributed by atoms with Crippen LogP contribution >= 0.6 is 24.0 Å². The molecule has 0 aliphatic rings. The lowest BCUT2D eigenvalue weighted by Gasteiger charge is -2.12. The van der Waals surface area contributed by atoms with Gasteiger partial charge in [0.2, 0.25) is 0 Å². The molecule has 0 spiro atoms. The summed E-state index contributed by atoms with van der Waals surface area (Å²) in [4.78, 5) is 4.28. The number of rotatable bonds is 7. The van der Waals surface area contributed by atoms with Gasteiger partial charge in [-0.25, -0.2) is 0 Å². The molecule has 0 bridgehead atoms. The van der Waals surface area contributed by atoms with Crippen molar-refractivity contribution in [2.24, 2.45) is 4.99 Å². The third kappa shape index (κ3) is 7.46. The predicted octanol–water partition coefficient (Wildman–Crippen LogP) is 3.22. The molecule has 1 aromatic heterocycles. The Kier molecular flexibility index (Phi) is 9.55. The number of nitrogens with one attached hydrogen (secondary N) is 2. The van der Waals surface area contributed by atoms with Crippen LogP contribution in [-0.4, -0.2) is 35.9 Å². The second kappa shape index (κ2) is 11.1. The quantitative estimate of drug-likeness (QED) is 0.292. The maximum absolute atomic E-state index is 4.48. The molecular formula is C19H30IN5. The van der Waals surface area contributed by atoms with Crippen LogP contribution in [0, 0.1) is 20.8 Å². The fourth-order valence-corrected chi connectivity index (χ4v) is 2.75. The van der Waals surface area contributed by atoms with E-state index in [1.165, 1.54) is 16.8 Å². The first-order valence-electron chi connectivity index (χ1n) is 8.59. The molecule has 0 aliphatic heterocycles. The molecule has 0 fully saturated rings. The Morgan fingerprint density at radius 1 is 1.12 bits per heavy atom. The zero-order chi connectivity index (χ0) is 17.4. The maximum atomic E-state index is 4.48. The number of aryl methyl sites for hydroxylation is 4. The lowest BCUT2D eigenvalue weighted by atomic mass is 10.1. The summed E-state index contributed by atoms with van der Waals surface area (Å²) in [5.74, 6) is 0.857. The Balaban J connectivity index is 0.00000312. The van der Waals surface area contributed by atoms with Crippen molar-refractivity contribution in [2.45, 2.75) is 40.2 Å². The highest BCUT2D eigenvalue weighted by molar-refractivity contribution is 14.0. The van der Waals surface area contributed by atoms with E-state index in [4.69, 9.17) is 0 Å². The van der Waals surface area contributed by atoms with E-state index in [1.54, 1.807) is 0 Å². The van der Waals surface area contributed by atoms with Crippen LogP contribution < -0.4 is 10.6 Å². The second-order valence-corrected chi connectivity index (χ2v) is 6.17. The van der Waals surface area contributed by atoms with E-state index in [1.807, 2.05) is 14.0 Å². The highest BCUT2D eigenvalue weighted by Crippen LogP contribution is 2.04. The topological polar surface area (TPSA) is 54.2 Å². The molecule has 0 atom stereocenters. The number of aromatic nitrogens is 2. The van der Waals surface area contributed by atoms with Gasteiger partial charge in [0.15, 0.2) is 5.96 Å². The lowest BCUT2D eigenvalue weighted by Crippen LogP contribution is -2.39. The van der Waals surface area contributed by atoms with Gasteiger partial charge in [0.1, 0.15) is 0 Å². The van der Waals surface area contributed by atoms with Crippen molar-refractivity contribution in [3.8, 4) is 0 Å². The molecule has 2 aromatic rings. The van der Waals surface area contributed by atoms with E-state index in [0.29, 0.717) is 0 Å². The highest BCUT2D eigenvalue weighted by atomic mass is 127. The van der Waals surface area contributed by atoms with Gasteiger partial charge in [-0.1, -0.05) is 29.8 Å². The maximum Gasteiger partial charge on any atom is 0.190 e. The minimum atomic E-state index is 0. The van der Waals surface area contributed by atoms with Crippen LogP contribution in [0.1, 0.15) is 28.9 Å². The predicted molar refractivity (Wildman–Crippen MR) is 116 cm³/mol. The second-order valence-electron chi connectivity index (χ2n) is 6.17. The molecule has 6 heteroatoms. The Labute approximate surface area is 168 Å². The molecular weight excluding hydrogens is 425 g/mol. The summed E-state index contributed by atoms with van der Waals surface area (Å²) < 4.78 is 2.06. The molecule has 1 heterocycles. The highest BCUT2D eigenvalue weighted by Gasteiger charge is 2.01. The molecule has 0 aliphatic carbocycles. The Morgan fingerprint density at radius 2 is 1.88 bits per heavy atom. The van der Waals surface area contributed by atoms with Crippen molar-refractivity contribution in [1.82, 2.24) is 20.4 Å². The van der Waals surface area contributed by atoms with E-state index >= 15 is 0 Å². The van der Waals surface area contributed by atoms with Crippen LogP contribution in [-0.2, 0) is 13.0 Å². The summed E-state index contributed by atoms with van der Waals surface area (Å²) >= 11 is 0. The van der Waals surface area contributed by atoms with Gasteiger partial charge >= 0.3 is 0 Å². The molecule has 0 unspecified atom stereocenters. The van der Waals surface area contributed by atoms with Gasteiger partial charge in [0, 0.05) is 32.4 Å². The van der Waals surface area contributed by atoms with Crippen molar-refractivity contribution in [3.05, 3.63) is 52.8 Å². The number of hydrogen-bond donors (Lipinski definition) is 2. The fourth-order valence-electron chi connectivity index (χ4n) is 2.75. The first kappa shape index (κ1) is 21.5. The monoisotopic (exact) mass is 455 g/mol. The molecule has 25 heavy (non-hydrogen) atoms. The Hall–Kier alpha value is -1.57. The summed E-state index contributed by atoms with van der Waals surface area (Å²) in [7, 11) is 1.81. The van der Waals surface area contributed by atoms with Crippen molar-refractivity contribution >= 4 is 29.9 Å². The number of nitrogens with zero attached hydrogens (tertiary/aromatic N) is 3. The zero-order valence-electron chi connectivity index (χ0n) is 15.7. The molecule has 1 aromatic carbocycles. The average molecular weight is 455 g/mol. The summed E-state index contributed by atoms with van der Waals surface area (Å²) in [5.41, 5.74) is 4.95. The summed E-state index contributed by atoms with van der Waals surface area (Å²) in [6.45, 7) is 8.93. The summed E-state index contributed by atoms with van der Waals surface area (Å²) in [6, 6.07) is 10.7. The van der Waals surface area contributed by atoms with Crippen LogP contribution in [0.4, 0.5) is 0 Å². The number of benzene rings is 1. The number of halogens is 1. The zero-order valence-corrected chi connectivity index (χ0v) is 18.0. The van der Waals surface area contributed by atoms with E-state index in [-0.39, 0.29) is 24.0 Å². The van der Waals surface area contributed by atoms with Crippen molar-refractivity contribution in [3.63, 3.8) is 0 Å². The first-order chi connectivity index (χ1) is 11.6. The molecule has 0 amide bonds. The Bertz CT molecular complexity index is 678. The molecule has 138 valence electrons. The largest absolute Gasteiger partial charge is 0.356 e. The molecule has 0 radical (unpaired) electrons. The normalized spacial score (nSPS) is 11.1. The average Bonchev–Trinajstić information content (AvgIpc) is 2.87. The van der Waals surface area contributed by atoms with Gasteiger partial charge in [-0.2, -0.15) is 5.10 Å². The van der Waals surface area contributed by atoms with Gasteiger partial charge in [0.05, 0.1) is 5.69 Å². The van der Waals surface area contributed by atoms with Gasteiger partial charge in [-0.3, -0.25) is 9.67 Å². The third-order valence-corrected chi connectivity index (χ3v) is 3.95. The molecule has 2 rings (SSSR count).